The van der Waals surface area contributed by atoms with E-state index in [0.717, 1.165) is 24.2 Å². The van der Waals surface area contributed by atoms with E-state index in [9.17, 15) is 13.2 Å². The molecule has 1 saturated heterocycles. The molecule has 6 nitrogen and oxygen atoms in total. The molecule has 0 radical (unpaired) electrons. The summed E-state index contributed by atoms with van der Waals surface area (Å²) in [5, 5.41) is 0. The number of nitrogens with zero attached hydrogens (tertiary/aromatic N) is 2. The van der Waals surface area contributed by atoms with E-state index in [1.54, 1.807) is 6.92 Å². The van der Waals surface area contributed by atoms with Crippen LogP contribution in [0.1, 0.15) is 31.4 Å². The molecule has 0 spiro atoms. The first-order chi connectivity index (χ1) is 9.86. The zero-order chi connectivity index (χ0) is 15.6. The lowest BCUT2D eigenvalue weighted by atomic mass is 10.0. The number of hydrogen-bond acceptors (Lipinski definition) is 6. The Labute approximate surface area is 133 Å². The smallest absolute Gasteiger partial charge is 0.307 e. The monoisotopic (exact) mass is 352 g/mol. The first-order valence-corrected chi connectivity index (χ1v) is 9.21. The van der Waals surface area contributed by atoms with Crippen molar-refractivity contribution < 1.29 is 17.9 Å². The van der Waals surface area contributed by atoms with Crippen LogP contribution in [0.2, 0.25) is 4.47 Å². The first-order valence-electron chi connectivity index (χ1n) is 6.58. The topological polar surface area (TPSA) is 76.6 Å². The number of rotatable bonds is 4. The molecular formula is C12H17ClN2O4S2. The Balaban J connectivity index is 2.31. The van der Waals surface area contributed by atoms with Crippen LogP contribution in [0.3, 0.4) is 0 Å². The maximum Gasteiger partial charge on any atom is 0.307 e. The summed E-state index contributed by atoms with van der Waals surface area (Å²) in [6, 6.07) is -0.364. The van der Waals surface area contributed by atoms with E-state index in [0.29, 0.717) is 18.7 Å². The Morgan fingerprint density at radius 1 is 1.52 bits per heavy atom. The van der Waals surface area contributed by atoms with E-state index in [1.165, 1.54) is 11.4 Å². The fraction of sp³-hybridized carbons (Fsp3) is 0.667. The van der Waals surface area contributed by atoms with Crippen LogP contribution in [-0.2, 0) is 19.6 Å². The molecule has 0 bridgehead atoms. The van der Waals surface area contributed by atoms with E-state index < -0.39 is 16.0 Å². The van der Waals surface area contributed by atoms with Gasteiger partial charge < -0.3 is 4.74 Å². The number of hydrogen-bond donors (Lipinski definition) is 0. The minimum Gasteiger partial charge on any atom is -0.469 e. The molecule has 9 heteroatoms. The summed E-state index contributed by atoms with van der Waals surface area (Å²) in [4.78, 5) is 15.4. The number of carbonyl (C=O) groups is 1. The molecule has 1 unspecified atom stereocenters. The van der Waals surface area contributed by atoms with Crippen LogP contribution in [0.4, 0.5) is 0 Å². The third kappa shape index (κ3) is 3.56. The standard InChI is InChI=1S/C12H17ClN2O4S2/c1-8-11(20-12(13)14-8)21(17,18)15-6-4-3-5-9(15)7-10(16)19-2/h9H,3-7H2,1-2H3. The Morgan fingerprint density at radius 2 is 2.24 bits per heavy atom. The lowest BCUT2D eigenvalue weighted by Crippen LogP contribution is -2.44. The average molecular weight is 353 g/mol. The highest BCUT2D eigenvalue weighted by molar-refractivity contribution is 7.91. The van der Waals surface area contributed by atoms with Crippen LogP contribution >= 0.6 is 22.9 Å². The minimum absolute atomic E-state index is 0.0707. The molecule has 1 fully saturated rings. The zero-order valence-corrected chi connectivity index (χ0v) is 14.2. The van der Waals surface area contributed by atoms with Crippen LogP contribution in [0, 0.1) is 6.92 Å². The molecule has 1 atom stereocenters. The van der Waals surface area contributed by atoms with Crippen molar-refractivity contribution in [2.45, 2.75) is 42.9 Å². The molecular weight excluding hydrogens is 336 g/mol. The van der Waals surface area contributed by atoms with Crippen molar-refractivity contribution in [3.8, 4) is 0 Å². The number of methoxy groups -OCH3 is 1. The summed E-state index contributed by atoms with van der Waals surface area (Å²) in [5.74, 6) is -0.402. The Hall–Kier alpha value is -0.700. The van der Waals surface area contributed by atoms with Crippen molar-refractivity contribution in [2.75, 3.05) is 13.7 Å². The molecule has 1 aromatic heterocycles. The van der Waals surface area contributed by atoms with Gasteiger partial charge in [-0.1, -0.05) is 29.4 Å². The van der Waals surface area contributed by atoms with E-state index in [4.69, 9.17) is 11.6 Å². The number of aryl methyl sites for hydroxylation is 1. The number of ether oxygens (including phenoxy) is 1. The van der Waals surface area contributed by atoms with Crippen molar-refractivity contribution in [2.24, 2.45) is 0 Å². The quantitative estimate of drug-likeness (QED) is 0.776. The summed E-state index contributed by atoms with van der Waals surface area (Å²) in [7, 11) is -2.38. The van der Waals surface area contributed by atoms with Gasteiger partial charge in [0.1, 0.15) is 0 Å². The maximum absolute atomic E-state index is 12.8. The predicted octanol–water partition coefficient (Wildman–Crippen LogP) is 2.21. The Kier molecular flexibility index (Phi) is 5.24. The molecule has 0 saturated carbocycles. The van der Waals surface area contributed by atoms with Crippen molar-refractivity contribution in [3.05, 3.63) is 10.2 Å². The lowest BCUT2D eigenvalue weighted by molar-refractivity contribution is -0.141. The van der Waals surface area contributed by atoms with Gasteiger partial charge in [0.25, 0.3) is 10.0 Å². The second-order valence-electron chi connectivity index (χ2n) is 4.89. The summed E-state index contributed by atoms with van der Waals surface area (Å²) in [6.07, 6.45) is 2.40. The van der Waals surface area contributed by atoms with Gasteiger partial charge in [0.15, 0.2) is 8.68 Å². The van der Waals surface area contributed by atoms with Crippen LogP contribution in [-0.4, -0.2) is 43.4 Å². The van der Waals surface area contributed by atoms with E-state index in [-0.39, 0.29) is 21.1 Å². The highest BCUT2D eigenvalue weighted by Crippen LogP contribution is 2.33. The minimum atomic E-state index is -3.68. The fourth-order valence-electron chi connectivity index (χ4n) is 2.47. The van der Waals surface area contributed by atoms with Gasteiger partial charge in [-0.3, -0.25) is 4.79 Å². The SMILES string of the molecule is COC(=O)CC1CCCCN1S(=O)(=O)c1sc(Cl)nc1C. The van der Waals surface area contributed by atoms with E-state index in [2.05, 4.69) is 9.72 Å². The zero-order valence-electron chi connectivity index (χ0n) is 11.8. The molecule has 0 amide bonds. The Morgan fingerprint density at radius 3 is 2.81 bits per heavy atom. The number of carbonyl (C=O) groups excluding carboxylic acids is 1. The number of aromatic nitrogens is 1. The molecule has 1 aromatic rings. The molecule has 0 N–H and O–H groups in total. The molecule has 2 rings (SSSR count). The van der Waals surface area contributed by atoms with Gasteiger partial charge in [0.2, 0.25) is 0 Å². The molecule has 0 aromatic carbocycles. The number of thiazole rings is 1. The van der Waals surface area contributed by atoms with Gasteiger partial charge in [-0.2, -0.15) is 4.31 Å². The van der Waals surface area contributed by atoms with Crippen molar-refractivity contribution in [3.63, 3.8) is 0 Å². The largest absolute Gasteiger partial charge is 0.469 e. The first kappa shape index (κ1) is 16.7. The highest BCUT2D eigenvalue weighted by Gasteiger charge is 2.37. The summed E-state index contributed by atoms with van der Waals surface area (Å²) >= 11 is 6.75. The van der Waals surface area contributed by atoms with Crippen LogP contribution in [0.5, 0.6) is 0 Å². The predicted molar refractivity (Wildman–Crippen MR) is 80.0 cm³/mol. The number of halogens is 1. The lowest BCUT2D eigenvalue weighted by Gasteiger charge is -2.33. The maximum atomic E-state index is 12.8. The van der Waals surface area contributed by atoms with Crippen molar-refractivity contribution in [1.82, 2.24) is 9.29 Å². The summed E-state index contributed by atoms with van der Waals surface area (Å²) in [6.45, 7) is 2.02. The van der Waals surface area contributed by atoms with Gasteiger partial charge in [-0.15, -0.1) is 0 Å². The third-order valence-corrected chi connectivity index (χ3v) is 7.27. The summed E-state index contributed by atoms with van der Waals surface area (Å²) in [5.41, 5.74) is 0.396. The van der Waals surface area contributed by atoms with Gasteiger partial charge >= 0.3 is 5.97 Å². The van der Waals surface area contributed by atoms with Gasteiger partial charge in [0.05, 0.1) is 19.2 Å². The van der Waals surface area contributed by atoms with Gasteiger partial charge in [-0.05, 0) is 19.8 Å². The van der Waals surface area contributed by atoms with Crippen molar-refractivity contribution in [1.29, 1.82) is 0 Å². The second kappa shape index (κ2) is 6.60. The van der Waals surface area contributed by atoms with Crippen molar-refractivity contribution >= 4 is 38.9 Å². The van der Waals surface area contributed by atoms with Crippen LogP contribution in [0.15, 0.2) is 4.21 Å². The normalized spacial score (nSPS) is 20.4. The number of piperidine rings is 1. The van der Waals surface area contributed by atoms with Gasteiger partial charge in [-0.25, -0.2) is 13.4 Å². The molecule has 21 heavy (non-hydrogen) atoms. The Bertz CT molecular complexity index is 629. The molecule has 118 valence electrons. The number of sulfonamides is 1. The second-order valence-corrected chi connectivity index (χ2v) is 8.55. The highest BCUT2D eigenvalue weighted by atomic mass is 35.5. The fourth-order valence-corrected chi connectivity index (χ4v) is 6.01. The molecule has 1 aliphatic rings. The molecule has 0 aliphatic carbocycles. The third-order valence-electron chi connectivity index (χ3n) is 3.47. The summed E-state index contributed by atoms with van der Waals surface area (Å²) < 4.78 is 32.0. The van der Waals surface area contributed by atoms with E-state index >= 15 is 0 Å². The van der Waals surface area contributed by atoms with Gasteiger partial charge in [0, 0.05) is 12.6 Å². The average Bonchev–Trinajstić information content (AvgIpc) is 2.78. The van der Waals surface area contributed by atoms with Crippen LogP contribution in [0.25, 0.3) is 0 Å². The number of esters is 1. The molecule has 2 heterocycles. The van der Waals surface area contributed by atoms with E-state index in [1.807, 2.05) is 0 Å². The molecule has 1 aliphatic heterocycles. The van der Waals surface area contributed by atoms with Crippen LogP contribution < -0.4 is 0 Å².